The molecule has 0 aromatic heterocycles. The van der Waals surface area contributed by atoms with Gasteiger partial charge in [-0.25, -0.2) is 0 Å². The number of hydrogen-bond donors (Lipinski definition) is 1. The average molecular weight is 436 g/mol. The summed E-state index contributed by atoms with van der Waals surface area (Å²) in [6.45, 7) is 5.17. The second-order valence-corrected chi connectivity index (χ2v) is 7.91. The third-order valence-electron chi connectivity index (χ3n) is 5.60. The monoisotopic (exact) mass is 436 g/mol. The van der Waals surface area contributed by atoms with Gasteiger partial charge in [0.1, 0.15) is 0 Å². The van der Waals surface area contributed by atoms with Crippen molar-refractivity contribution in [1.29, 1.82) is 0 Å². The Kier molecular flexibility index (Phi) is 7.20. The molecule has 0 saturated carbocycles. The largest absolute Gasteiger partial charge is 0.416 e. The highest BCUT2D eigenvalue weighted by atomic mass is 19.4. The van der Waals surface area contributed by atoms with Crippen molar-refractivity contribution in [3.05, 3.63) is 59.3 Å². The fraction of sp³-hybridized carbons (Fsp3) is 0.478. The van der Waals surface area contributed by atoms with E-state index >= 15 is 0 Å². The Hall–Kier alpha value is -2.61. The lowest BCUT2D eigenvalue weighted by Gasteiger charge is -2.35. The lowest BCUT2D eigenvalue weighted by molar-refractivity contribution is -0.137. The van der Waals surface area contributed by atoms with Gasteiger partial charge >= 0.3 is 6.18 Å². The number of halogens is 3. The first-order valence-corrected chi connectivity index (χ1v) is 10.5. The van der Waals surface area contributed by atoms with Gasteiger partial charge in [0.05, 0.1) is 17.8 Å². The van der Waals surface area contributed by atoms with E-state index in [1.54, 1.807) is 12.2 Å². The van der Waals surface area contributed by atoms with Crippen LogP contribution in [0.3, 0.4) is 0 Å². The lowest BCUT2D eigenvalue weighted by atomic mass is 9.97. The molecule has 0 bridgehead atoms. The average Bonchev–Trinajstić information content (AvgIpc) is 2.75. The number of piperidine rings is 1. The van der Waals surface area contributed by atoms with Gasteiger partial charge in [-0.3, -0.25) is 9.59 Å². The third kappa shape index (κ3) is 5.97. The summed E-state index contributed by atoms with van der Waals surface area (Å²) in [5.41, 5.74) is -0.437. The number of ether oxygens (including phenoxy) is 1. The Labute approximate surface area is 179 Å². The maximum Gasteiger partial charge on any atom is 0.416 e. The van der Waals surface area contributed by atoms with Crippen molar-refractivity contribution in [3.8, 4) is 0 Å². The van der Waals surface area contributed by atoms with E-state index in [2.05, 4.69) is 5.32 Å². The number of benzene rings is 1. The van der Waals surface area contributed by atoms with Gasteiger partial charge in [-0.1, -0.05) is 26.0 Å². The van der Waals surface area contributed by atoms with Gasteiger partial charge in [-0.15, -0.1) is 0 Å². The smallest absolute Gasteiger partial charge is 0.370 e. The van der Waals surface area contributed by atoms with E-state index in [0.717, 1.165) is 25.0 Å². The fourth-order valence-corrected chi connectivity index (χ4v) is 3.72. The standard InChI is InChI=1S/C23H27F3N2O3/c1-3-21(29)28-11-9-19(10-12-28)31-20-14-18(8-7-15(20)2)27-22(30)16-5-4-6-17(13-16)23(24,25)26/h4-8,13-15,19-20H,3,9-12H2,1-2H3,(H,27,30). The van der Waals surface area contributed by atoms with E-state index in [-0.39, 0.29) is 29.6 Å². The molecule has 1 aliphatic heterocycles. The van der Waals surface area contributed by atoms with Crippen LogP contribution in [0.25, 0.3) is 0 Å². The molecule has 1 N–H and O–H groups in total. The zero-order valence-electron chi connectivity index (χ0n) is 17.6. The van der Waals surface area contributed by atoms with Gasteiger partial charge in [-0.05, 0) is 43.2 Å². The Morgan fingerprint density at radius 2 is 1.94 bits per heavy atom. The molecule has 1 aliphatic carbocycles. The minimum Gasteiger partial charge on any atom is -0.370 e. The number of allylic oxidation sites excluding steroid dienone is 1. The molecular formula is C23H27F3N2O3. The van der Waals surface area contributed by atoms with Crippen molar-refractivity contribution in [2.24, 2.45) is 5.92 Å². The molecule has 1 aromatic carbocycles. The van der Waals surface area contributed by atoms with Gasteiger partial charge in [0.15, 0.2) is 0 Å². The Bertz CT molecular complexity index is 871. The number of hydrogen-bond acceptors (Lipinski definition) is 3. The Balaban J connectivity index is 1.61. The summed E-state index contributed by atoms with van der Waals surface area (Å²) in [5, 5.41) is 2.67. The van der Waals surface area contributed by atoms with Crippen LogP contribution < -0.4 is 5.32 Å². The summed E-state index contributed by atoms with van der Waals surface area (Å²) in [6, 6.07) is 4.33. The third-order valence-corrected chi connectivity index (χ3v) is 5.60. The van der Waals surface area contributed by atoms with Crippen LogP contribution in [0.2, 0.25) is 0 Å². The Morgan fingerprint density at radius 1 is 1.23 bits per heavy atom. The molecule has 1 fully saturated rings. The number of nitrogens with zero attached hydrogens (tertiary/aromatic N) is 1. The number of carbonyl (C=O) groups excluding carboxylic acids is 2. The van der Waals surface area contributed by atoms with Crippen LogP contribution in [-0.4, -0.2) is 42.0 Å². The molecule has 5 nitrogen and oxygen atoms in total. The van der Waals surface area contributed by atoms with Crippen molar-refractivity contribution >= 4 is 11.8 Å². The topological polar surface area (TPSA) is 58.6 Å². The maximum atomic E-state index is 12.9. The first-order chi connectivity index (χ1) is 14.7. The predicted molar refractivity (Wildman–Crippen MR) is 110 cm³/mol. The highest BCUT2D eigenvalue weighted by molar-refractivity contribution is 5.95. The van der Waals surface area contributed by atoms with Crippen LogP contribution in [0.4, 0.5) is 13.2 Å². The molecule has 1 heterocycles. The molecule has 2 aliphatic rings. The SMILES string of the molecule is CCC(=O)N1CCC(OC2C=C(NC(=O)c3cccc(C(F)(F)F)c3)C=CC2C)CC1. The first kappa shape index (κ1) is 23.1. The number of alkyl halides is 3. The van der Waals surface area contributed by atoms with Crippen LogP contribution >= 0.6 is 0 Å². The van der Waals surface area contributed by atoms with E-state index in [4.69, 9.17) is 4.74 Å². The summed E-state index contributed by atoms with van der Waals surface area (Å²) in [4.78, 5) is 26.1. The van der Waals surface area contributed by atoms with E-state index in [1.165, 1.54) is 12.1 Å². The molecular weight excluding hydrogens is 409 g/mol. The zero-order valence-corrected chi connectivity index (χ0v) is 17.6. The molecule has 1 aromatic rings. The summed E-state index contributed by atoms with van der Waals surface area (Å²) in [5.74, 6) is -0.377. The van der Waals surface area contributed by atoms with E-state index in [1.807, 2.05) is 24.8 Å². The number of rotatable bonds is 5. The number of carbonyl (C=O) groups is 2. The van der Waals surface area contributed by atoms with Crippen molar-refractivity contribution in [2.45, 2.75) is 51.5 Å². The molecule has 3 rings (SSSR count). The van der Waals surface area contributed by atoms with Crippen LogP contribution in [0.15, 0.2) is 48.2 Å². The highest BCUT2D eigenvalue weighted by Gasteiger charge is 2.31. The van der Waals surface area contributed by atoms with Gasteiger partial charge < -0.3 is 15.0 Å². The predicted octanol–water partition coefficient (Wildman–Crippen LogP) is 4.31. The number of amides is 2. The Morgan fingerprint density at radius 3 is 2.58 bits per heavy atom. The molecule has 0 radical (unpaired) electrons. The molecule has 168 valence electrons. The molecule has 31 heavy (non-hydrogen) atoms. The van der Waals surface area contributed by atoms with Crippen LogP contribution in [0.1, 0.15) is 49.0 Å². The van der Waals surface area contributed by atoms with Crippen molar-refractivity contribution in [1.82, 2.24) is 10.2 Å². The molecule has 1 saturated heterocycles. The quantitative estimate of drug-likeness (QED) is 0.748. The van der Waals surface area contributed by atoms with Gasteiger partial charge in [0.25, 0.3) is 5.91 Å². The summed E-state index contributed by atoms with van der Waals surface area (Å²) >= 11 is 0. The van der Waals surface area contributed by atoms with Gasteiger partial charge in [0.2, 0.25) is 5.91 Å². The molecule has 8 heteroatoms. The van der Waals surface area contributed by atoms with E-state index in [9.17, 15) is 22.8 Å². The second-order valence-electron chi connectivity index (χ2n) is 7.91. The van der Waals surface area contributed by atoms with Crippen molar-refractivity contribution < 1.29 is 27.5 Å². The van der Waals surface area contributed by atoms with Gasteiger partial charge in [0, 0.05) is 36.7 Å². The first-order valence-electron chi connectivity index (χ1n) is 10.5. The normalized spacial score (nSPS) is 22.2. The molecule has 2 unspecified atom stereocenters. The highest BCUT2D eigenvalue weighted by Crippen LogP contribution is 2.30. The maximum absolute atomic E-state index is 12.9. The van der Waals surface area contributed by atoms with Gasteiger partial charge in [-0.2, -0.15) is 13.2 Å². The van der Waals surface area contributed by atoms with Crippen LogP contribution in [0.5, 0.6) is 0 Å². The fourth-order valence-electron chi connectivity index (χ4n) is 3.72. The molecule has 2 atom stereocenters. The summed E-state index contributed by atoms with van der Waals surface area (Å²) in [7, 11) is 0. The second kappa shape index (κ2) is 9.68. The summed E-state index contributed by atoms with van der Waals surface area (Å²) < 4.78 is 44.9. The van der Waals surface area contributed by atoms with Crippen molar-refractivity contribution in [3.63, 3.8) is 0 Å². The van der Waals surface area contributed by atoms with Crippen LogP contribution in [0, 0.1) is 5.92 Å². The number of likely N-dealkylation sites (tertiary alicyclic amines) is 1. The molecule has 0 spiro atoms. The van der Waals surface area contributed by atoms with E-state index in [0.29, 0.717) is 25.2 Å². The summed E-state index contributed by atoms with van der Waals surface area (Å²) in [6.07, 6.45) is 2.66. The zero-order chi connectivity index (χ0) is 22.6. The minimum absolute atomic E-state index is 0.0107. The minimum atomic E-state index is -4.51. The lowest BCUT2D eigenvalue weighted by Crippen LogP contribution is -2.42. The molecule has 2 amide bonds. The van der Waals surface area contributed by atoms with E-state index < -0.39 is 17.6 Å². The van der Waals surface area contributed by atoms with Crippen LogP contribution in [-0.2, 0) is 15.7 Å². The van der Waals surface area contributed by atoms with Crippen molar-refractivity contribution in [2.75, 3.05) is 13.1 Å². The number of nitrogens with one attached hydrogen (secondary N) is 1.